The first-order valence-electron chi connectivity index (χ1n) is 11.0. The summed E-state index contributed by atoms with van der Waals surface area (Å²) >= 11 is 0. The maximum atomic E-state index is 13.4. The number of hydrogen-bond acceptors (Lipinski definition) is 3. The van der Waals surface area contributed by atoms with Crippen LogP contribution in [0, 0.1) is 12.7 Å². The van der Waals surface area contributed by atoms with Crippen molar-refractivity contribution in [2.24, 2.45) is 0 Å². The van der Waals surface area contributed by atoms with Gasteiger partial charge in [0.1, 0.15) is 5.82 Å². The molecule has 34 heavy (non-hydrogen) atoms. The molecule has 0 unspecified atom stereocenters. The zero-order valence-electron chi connectivity index (χ0n) is 18.5. The largest absolute Gasteiger partial charge is 0.307 e. The number of nitrogens with zero attached hydrogens (tertiary/aromatic N) is 2. The molecule has 5 nitrogen and oxygen atoms in total. The van der Waals surface area contributed by atoms with Gasteiger partial charge in [-0.15, -0.1) is 0 Å². The third kappa shape index (κ3) is 3.73. The van der Waals surface area contributed by atoms with E-state index in [9.17, 15) is 18.8 Å². The van der Waals surface area contributed by atoms with E-state index < -0.39 is 5.82 Å². The van der Waals surface area contributed by atoms with E-state index >= 15 is 0 Å². The Morgan fingerprint density at radius 2 is 1.41 bits per heavy atom. The van der Waals surface area contributed by atoms with Gasteiger partial charge in [-0.25, -0.2) is 4.39 Å². The van der Waals surface area contributed by atoms with E-state index in [0.29, 0.717) is 27.8 Å². The molecule has 1 aliphatic heterocycles. The fraction of sp³-hybridized carbons (Fsp3) is 0.107. The Hall–Kier alpha value is -4.32. The first-order chi connectivity index (χ1) is 16.4. The first kappa shape index (κ1) is 21.5. The molecule has 0 fully saturated rings. The number of imide groups is 1. The molecule has 1 heterocycles. The van der Waals surface area contributed by atoms with Crippen LogP contribution in [-0.4, -0.2) is 35.7 Å². The van der Waals surface area contributed by atoms with Gasteiger partial charge in [-0.3, -0.25) is 19.3 Å². The van der Waals surface area contributed by atoms with Crippen LogP contribution in [0.15, 0.2) is 84.9 Å². The number of carbonyl (C=O) groups excluding carboxylic acids is 3. The van der Waals surface area contributed by atoms with Gasteiger partial charge in [-0.1, -0.05) is 42.0 Å². The summed E-state index contributed by atoms with van der Waals surface area (Å²) in [5.41, 5.74) is 2.91. The van der Waals surface area contributed by atoms with Gasteiger partial charge in [0.2, 0.25) is 0 Å². The van der Waals surface area contributed by atoms with E-state index in [1.807, 2.05) is 43.3 Å². The number of anilines is 1. The first-order valence-corrected chi connectivity index (χ1v) is 11.0. The second-order valence-electron chi connectivity index (χ2n) is 8.27. The van der Waals surface area contributed by atoms with Crippen molar-refractivity contribution in [3.05, 3.63) is 113 Å². The molecule has 3 amide bonds. The Labute approximate surface area is 196 Å². The number of carbonyl (C=O) groups is 3. The highest BCUT2D eigenvalue weighted by Gasteiger charge is 2.33. The Morgan fingerprint density at radius 1 is 0.824 bits per heavy atom. The molecule has 0 aliphatic carbocycles. The highest BCUT2D eigenvalue weighted by Crippen LogP contribution is 2.30. The Kier molecular flexibility index (Phi) is 5.42. The molecule has 0 saturated carbocycles. The van der Waals surface area contributed by atoms with Crippen molar-refractivity contribution in [1.29, 1.82) is 0 Å². The van der Waals surface area contributed by atoms with Gasteiger partial charge in [0.05, 0.1) is 0 Å². The molecular formula is C28H21FN2O3. The third-order valence-electron chi connectivity index (χ3n) is 6.09. The number of hydrogen-bond donors (Lipinski definition) is 0. The zero-order valence-corrected chi connectivity index (χ0v) is 18.5. The summed E-state index contributed by atoms with van der Waals surface area (Å²) in [5, 5.41) is 1.50. The maximum Gasteiger partial charge on any atom is 0.261 e. The van der Waals surface area contributed by atoms with Gasteiger partial charge in [-0.05, 0) is 60.8 Å². The van der Waals surface area contributed by atoms with E-state index in [1.54, 1.807) is 24.3 Å². The highest BCUT2D eigenvalue weighted by atomic mass is 19.1. The van der Waals surface area contributed by atoms with E-state index in [-0.39, 0.29) is 30.8 Å². The maximum absolute atomic E-state index is 13.4. The number of rotatable bonds is 5. The molecule has 0 saturated heterocycles. The minimum absolute atomic E-state index is 0.0171. The van der Waals surface area contributed by atoms with Crippen molar-refractivity contribution in [3.8, 4) is 0 Å². The quantitative estimate of drug-likeness (QED) is 0.390. The molecule has 0 spiro atoms. The number of amides is 3. The molecular weight excluding hydrogens is 431 g/mol. The lowest BCUT2D eigenvalue weighted by atomic mass is 9.94. The van der Waals surface area contributed by atoms with Gasteiger partial charge < -0.3 is 4.90 Å². The summed E-state index contributed by atoms with van der Waals surface area (Å²) in [4.78, 5) is 42.5. The van der Waals surface area contributed by atoms with Gasteiger partial charge in [0, 0.05) is 40.9 Å². The topological polar surface area (TPSA) is 57.7 Å². The third-order valence-corrected chi connectivity index (χ3v) is 6.09. The van der Waals surface area contributed by atoms with Crippen molar-refractivity contribution in [1.82, 2.24) is 4.90 Å². The monoisotopic (exact) mass is 452 g/mol. The van der Waals surface area contributed by atoms with Gasteiger partial charge >= 0.3 is 0 Å². The number of halogens is 1. The normalized spacial score (nSPS) is 12.8. The fourth-order valence-corrected chi connectivity index (χ4v) is 4.30. The average molecular weight is 452 g/mol. The molecule has 1 aliphatic rings. The van der Waals surface area contributed by atoms with Crippen LogP contribution >= 0.6 is 0 Å². The summed E-state index contributed by atoms with van der Waals surface area (Å²) in [6.45, 7) is 2.05. The Morgan fingerprint density at radius 3 is 2.00 bits per heavy atom. The Balaban J connectivity index is 1.47. The lowest BCUT2D eigenvalue weighted by Crippen LogP contribution is -2.46. The molecule has 6 heteroatoms. The molecule has 4 aromatic rings. The standard InChI is InChI=1S/C28H21FN2O3/c1-18-8-14-22(15-9-18)30(26(32)20-10-12-21(29)13-11-20)16-17-31-27(33)23-6-2-4-19-5-3-7-24(25(19)23)28(31)34/h2-15H,16-17H2,1H3. The molecule has 0 radical (unpaired) electrons. The molecule has 168 valence electrons. The van der Waals surface area contributed by atoms with E-state index in [0.717, 1.165) is 10.9 Å². The highest BCUT2D eigenvalue weighted by molar-refractivity contribution is 6.25. The predicted octanol–water partition coefficient (Wildman–Crippen LogP) is 5.23. The smallest absolute Gasteiger partial charge is 0.261 e. The van der Waals surface area contributed by atoms with Crippen molar-refractivity contribution >= 4 is 34.2 Å². The molecule has 0 bridgehead atoms. The molecule has 0 atom stereocenters. The van der Waals surface area contributed by atoms with Crippen LogP contribution in [0.3, 0.4) is 0 Å². The minimum Gasteiger partial charge on any atom is -0.307 e. The lowest BCUT2D eigenvalue weighted by Gasteiger charge is -2.30. The molecule has 4 aromatic carbocycles. The van der Waals surface area contributed by atoms with Gasteiger partial charge in [-0.2, -0.15) is 0 Å². The summed E-state index contributed by atoms with van der Waals surface area (Å²) in [6, 6.07) is 23.5. The van der Waals surface area contributed by atoms with Crippen LogP contribution in [-0.2, 0) is 0 Å². The van der Waals surface area contributed by atoms with Gasteiger partial charge in [0.25, 0.3) is 17.7 Å². The molecule has 0 N–H and O–H groups in total. The van der Waals surface area contributed by atoms with Crippen molar-refractivity contribution in [2.75, 3.05) is 18.0 Å². The van der Waals surface area contributed by atoms with Gasteiger partial charge in [0.15, 0.2) is 0 Å². The van der Waals surface area contributed by atoms with E-state index in [1.165, 1.54) is 34.1 Å². The fourth-order valence-electron chi connectivity index (χ4n) is 4.30. The van der Waals surface area contributed by atoms with Crippen LogP contribution < -0.4 is 4.90 Å². The second-order valence-corrected chi connectivity index (χ2v) is 8.27. The summed E-state index contributed by atoms with van der Waals surface area (Å²) < 4.78 is 13.4. The molecule has 0 aromatic heterocycles. The summed E-state index contributed by atoms with van der Waals surface area (Å²) in [7, 11) is 0. The average Bonchev–Trinajstić information content (AvgIpc) is 2.85. The zero-order chi connectivity index (χ0) is 23.8. The lowest BCUT2D eigenvalue weighted by molar-refractivity contribution is 0.0611. The van der Waals surface area contributed by atoms with Crippen LogP contribution in [0.25, 0.3) is 10.8 Å². The number of benzene rings is 4. The SMILES string of the molecule is Cc1ccc(N(CCN2C(=O)c3cccc4cccc(c34)C2=O)C(=O)c2ccc(F)cc2)cc1. The minimum atomic E-state index is -0.434. The van der Waals surface area contributed by atoms with Crippen LogP contribution in [0.2, 0.25) is 0 Å². The summed E-state index contributed by atoms with van der Waals surface area (Å²) in [5.74, 6) is -1.54. The van der Waals surface area contributed by atoms with Crippen LogP contribution in [0.5, 0.6) is 0 Å². The van der Waals surface area contributed by atoms with Crippen molar-refractivity contribution < 1.29 is 18.8 Å². The van der Waals surface area contributed by atoms with Crippen LogP contribution in [0.4, 0.5) is 10.1 Å². The predicted molar refractivity (Wildman–Crippen MR) is 129 cm³/mol. The Bertz CT molecular complexity index is 1380. The second kappa shape index (κ2) is 8.56. The van der Waals surface area contributed by atoms with E-state index in [4.69, 9.17) is 0 Å². The molecule has 5 rings (SSSR count). The van der Waals surface area contributed by atoms with E-state index in [2.05, 4.69) is 0 Å². The van der Waals surface area contributed by atoms with Crippen molar-refractivity contribution in [3.63, 3.8) is 0 Å². The summed E-state index contributed by atoms with van der Waals surface area (Å²) in [6.07, 6.45) is 0. The van der Waals surface area contributed by atoms with Crippen LogP contribution in [0.1, 0.15) is 36.6 Å². The number of aryl methyl sites for hydroxylation is 1. The van der Waals surface area contributed by atoms with Crippen molar-refractivity contribution in [2.45, 2.75) is 6.92 Å².